The number of nitro benzene ring substituents is 1. The quantitative estimate of drug-likeness (QED) is 0.585. The molecular formula is C16H10N4O2. The molecule has 2 aromatic carbocycles. The first-order valence-electron chi connectivity index (χ1n) is 6.47. The third kappa shape index (κ3) is 2.43. The number of anilines is 2. The summed E-state index contributed by atoms with van der Waals surface area (Å²) in [5.41, 5.74) is 1.27. The van der Waals surface area contributed by atoms with E-state index in [4.69, 9.17) is 5.26 Å². The first-order chi connectivity index (χ1) is 10.7. The number of nitrogens with zero attached hydrogens (tertiary/aromatic N) is 3. The Morgan fingerprint density at radius 1 is 1.18 bits per heavy atom. The van der Waals surface area contributed by atoms with Crippen molar-refractivity contribution in [3.05, 3.63) is 70.5 Å². The lowest BCUT2D eigenvalue weighted by molar-refractivity contribution is -0.382. The minimum Gasteiger partial charge on any atom is -0.349 e. The van der Waals surface area contributed by atoms with Crippen molar-refractivity contribution in [3.8, 4) is 6.07 Å². The molecule has 22 heavy (non-hydrogen) atoms. The molecule has 0 amide bonds. The Kier molecular flexibility index (Phi) is 3.38. The van der Waals surface area contributed by atoms with Gasteiger partial charge in [0.1, 0.15) is 11.8 Å². The largest absolute Gasteiger partial charge is 0.349 e. The normalized spacial score (nSPS) is 10.1. The van der Waals surface area contributed by atoms with Crippen LogP contribution in [0.15, 0.2) is 54.9 Å². The zero-order valence-electron chi connectivity index (χ0n) is 11.4. The van der Waals surface area contributed by atoms with Crippen LogP contribution < -0.4 is 5.32 Å². The number of hydrogen-bond acceptors (Lipinski definition) is 5. The summed E-state index contributed by atoms with van der Waals surface area (Å²) in [5, 5.41) is 24.7. The molecule has 6 nitrogen and oxygen atoms in total. The zero-order chi connectivity index (χ0) is 15.5. The molecule has 3 rings (SSSR count). The molecule has 1 N–H and O–H groups in total. The van der Waals surface area contributed by atoms with E-state index in [0.717, 1.165) is 5.39 Å². The Morgan fingerprint density at radius 2 is 2.00 bits per heavy atom. The number of benzene rings is 2. The van der Waals surface area contributed by atoms with E-state index in [1.54, 1.807) is 24.3 Å². The third-order valence-corrected chi connectivity index (χ3v) is 3.23. The molecular weight excluding hydrogens is 280 g/mol. The zero-order valence-corrected chi connectivity index (χ0v) is 11.4. The third-order valence-electron chi connectivity index (χ3n) is 3.23. The van der Waals surface area contributed by atoms with Crippen molar-refractivity contribution in [2.75, 3.05) is 5.32 Å². The predicted molar refractivity (Wildman–Crippen MR) is 82.8 cm³/mol. The van der Waals surface area contributed by atoms with Gasteiger partial charge in [-0.15, -0.1) is 0 Å². The number of hydrogen-bond donors (Lipinski definition) is 1. The van der Waals surface area contributed by atoms with Gasteiger partial charge in [0.15, 0.2) is 0 Å². The Bertz CT molecular complexity index is 915. The number of nitro groups is 1. The molecule has 0 radical (unpaired) electrons. The van der Waals surface area contributed by atoms with E-state index in [2.05, 4.69) is 10.3 Å². The van der Waals surface area contributed by atoms with Crippen LogP contribution in [-0.4, -0.2) is 9.91 Å². The predicted octanol–water partition coefficient (Wildman–Crippen LogP) is 3.76. The van der Waals surface area contributed by atoms with Crippen molar-refractivity contribution in [1.82, 2.24) is 4.98 Å². The second-order valence-electron chi connectivity index (χ2n) is 4.64. The van der Waals surface area contributed by atoms with Gasteiger partial charge in [0.05, 0.1) is 27.8 Å². The fourth-order valence-electron chi connectivity index (χ4n) is 2.28. The van der Waals surface area contributed by atoms with Crippen LogP contribution in [0.4, 0.5) is 17.1 Å². The van der Waals surface area contributed by atoms with Crippen LogP contribution in [0.1, 0.15) is 5.56 Å². The molecule has 0 saturated heterocycles. The summed E-state index contributed by atoms with van der Waals surface area (Å²) in [4.78, 5) is 15.0. The van der Waals surface area contributed by atoms with Crippen molar-refractivity contribution in [2.45, 2.75) is 0 Å². The number of fused-ring (bicyclic) bond motifs is 1. The highest BCUT2D eigenvalue weighted by atomic mass is 16.6. The average Bonchev–Trinajstić information content (AvgIpc) is 2.54. The summed E-state index contributed by atoms with van der Waals surface area (Å²) < 4.78 is 0. The van der Waals surface area contributed by atoms with Crippen LogP contribution in [0.5, 0.6) is 0 Å². The van der Waals surface area contributed by atoms with Crippen LogP contribution in [0.2, 0.25) is 0 Å². The molecule has 0 atom stereocenters. The molecule has 106 valence electrons. The molecule has 3 aromatic rings. The van der Waals surface area contributed by atoms with Crippen LogP contribution in [0, 0.1) is 21.4 Å². The van der Waals surface area contributed by atoms with Gasteiger partial charge < -0.3 is 5.32 Å². The fourth-order valence-corrected chi connectivity index (χ4v) is 2.28. The lowest BCUT2D eigenvalue weighted by Crippen LogP contribution is -1.98. The summed E-state index contributed by atoms with van der Waals surface area (Å²) in [5.74, 6) is 0. The maximum absolute atomic E-state index is 11.4. The maximum Gasteiger partial charge on any atom is 0.300 e. The fraction of sp³-hybridized carbons (Fsp3) is 0. The molecule has 0 aliphatic heterocycles. The van der Waals surface area contributed by atoms with Gasteiger partial charge in [0.2, 0.25) is 0 Å². The van der Waals surface area contributed by atoms with Crippen LogP contribution >= 0.6 is 0 Å². The summed E-state index contributed by atoms with van der Waals surface area (Å²) in [6.07, 6.45) is 2.94. The van der Waals surface area contributed by atoms with Gasteiger partial charge in [-0.25, -0.2) is 0 Å². The van der Waals surface area contributed by atoms with E-state index in [9.17, 15) is 10.1 Å². The van der Waals surface area contributed by atoms with Crippen molar-refractivity contribution in [2.24, 2.45) is 0 Å². The van der Waals surface area contributed by atoms with Gasteiger partial charge in [0, 0.05) is 6.20 Å². The molecule has 0 aliphatic rings. The van der Waals surface area contributed by atoms with Gasteiger partial charge in [-0.1, -0.05) is 24.3 Å². The first kappa shape index (κ1) is 13.5. The summed E-state index contributed by atoms with van der Waals surface area (Å²) in [6, 6.07) is 14.2. The molecule has 0 saturated carbocycles. The molecule has 0 unspecified atom stereocenters. The number of rotatable bonds is 3. The smallest absolute Gasteiger partial charge is 0.300 e. The first-order valence-corrected chi connectivity index (χ1v) is 6.47. The Morgan fingerprint density at radius 3 is 2.77 bits per heavy atom. The van der Waals surface area contributed by atoms with Gasteiger partial charge >= 0.3 is 0 Å². The van der Waals surface area contributed by atoms with Crippen molar-refractivity contribution < 1.29 is 4.92 Å². The number of nitriles is 1. The highest BCUT2D eigenvalue weighted by Crippen LogP contribution is 2.34. The molecule has 1 aromatic heterocycles. The van der Waals surface area contributed by atoms with Crippen molar-refractivity contribution in [1.29, 1.82) is 5.26 Å². The topological polar surface area (TPSA) is 91.8 Å². The van der Waals surface area contributed by atoms with E-state index in [0.29, 0.717) is 22.3 Å². The van der Waals surface area contributed by atoms with Crippen LogP contribution in [0.25, 0.3) is 10.8 Å². The maximum atomic E-state index is 11.4. The molecule has 0 fully saturated rings. The average molecular weight is 290 g/mol. The number of nitrogens with one attached hydrogen (secondary N) is 1. The number of pyridine rings is 1. The Labute approximate surface area is 125 Å². The van der Waals surface area contributed by atoms with Crippen molar-refractivity contribution >= 4 is 27.8 Å². The minimum absolute atomic E-state index is 0.000427. The molecule has 1 heterocycles. The van der Waals surface area contributed by atoms with Crippen molar-refractivity contribution in [3.63, 3.8) is 0 Å². The van der Waals surface area contributed by atoms with Crippen LogP contribution in [0.3, 0.4) is 0 Å². The van der Waals surface area contributed by atoms with E-state index in [-0.39, 0.29) is 5.69 Å². The summed E-state index contributed by atoms with van der Waals surface area (Å²) in [7, 11) is 0. The van der Waals surface area contributed by atoms with E-state index in [1.165, 1.54) is 12.4 Å². The molecule has 0 bridgehead atoms. The SMILES string of the molecule is N#Cc1cncc(Nc2ccc3ccccc3c2[N+](=O)[O-])c1. The lowest BCUT2D eigenvalue weighted by atomic mass is 10.1. The van der Waals surface area contributed by atoms with E-state index in [1.807, 2.05) is 24.3 Å². The summed E-state index contributed by atoms with van der Waals surface area (Å²) >= 11 is 0. The summed E-state index contributed by atoms with van der Waals surface area (Å²) in [6.45, 7) is 0. The standard InChI is InChI=1S/C16H10N4O2/c17-8-11-7-13(10-18-9-11)19-15-6-5-12-3-1-2-4-14(12)16(15)20(21)22/h1-7,9-10,19H. The lowest BCUT2D eigenvalue weighted by Gasteiger charge is -2.09. The highest BCUT2D eigenvalue weighted by Gasteiger charge is 2.18. The van der Waals surface area contributed by atoms with Gasteiger partial charge in [-0.05, 0) is 23.6 Å². The van der Waals surface area contributed by atoms with Gasteiger partial charge in [-0.2, -0.15) is 5.26 Å². The second-order valence-corrected chi connectivity index (χ2v) is 4.64. The Balaban J connectivity index is 2.12. The van der Waals surface area contributed by atoms with Crippen LogP contribution in [-0.2, 0) is 0 Å². The van der Waals surface area contributed by atoms with Gasteiger partial charge in [0.25, 0.3) is 5.69 Å². The number of aromatic nitrogens is 1. The van der Waals surface area contributed by atoms with E-state index < -0.39 is 4.92 Å². The minimum atomic E-state index is -0.410. The second kappa shape index (κ2) is 5.50. The molecule has 0 spiro atoms. The van der Waals surface area contributed by atoms with Gasteiger partial charge in [-0.3, -0.25) is 15.1 Å². The molecule has 0 aliphatic carbocycles. The monoisotopic (exact) mass is 290 g/mol. The molecule has 6 heteroatoms. The highest BCUT2D eigenvalue weighted by molar-refractivity contribution is 5.97. The van der Waals surface area contributed by atoms with E-state index >= 15 is 0 Å². The Hall–Kier alpha value is -3.46.